The summed E-state index contributed by atoms with van der Waals surface area (Å²) in [7, 11) is 0. The van der Waals surface area contributed by atoms with Gasteiger partial charge in [-0.05, 0) is 30.5 Å². The van der Waals surface area contributed by atoms with Gasteiger partial charge in [-0.2, -0.15) is 17.0 Å². The molecule has 0 aliphatic carbocycles. The first kappa shape index (κ1) is 18.1. The molecule has 3 rings (SSSR count). The number of hydrogen-bond donors (Lipinski definition) is 0. The number of amides is 1. The molecule has 26 heavy (non-hydrogen) atoms. The Morgan fingerprint density at radius 2 is 2.19 bits per heavy atom. The van der Waals surface area contributed by atoms with E-state index in [2.05, 4.69) is 11.1 Å². The first-order valence-electron chi connectivity index (χ1n) is 8.33. The summed E-state index contributed by atoms with van der Waals surface area (Å²) in [5.41, 5.74) is 1.84. The lowest BCUT2D eigenvalue weighted by atomic mass is 10.3. The number of furan rings is 1. The van der Waals surface area contributed by atoms with Crippen molar-refractivity contribution >= 4 is 28.7 Å². The summed E-state index contributed by atoms with van der Waals surface area (Å²) < 4.78 is 7.33. The predicted molar refractivity (Wildman–Crippen MR) is 101 cm³/mol. The quantitative estimate of drug-likeness (QED) is 0.609. The van der Waals surface area contributed by atoms with Gasteiger partial charge in [0.15, 0.2) is 0 Å². The molecule has 0 atom stereocenters. The number of imidazole rings is 1. The van der Waals surface area contributed by atoms with Gasteiger partial charge >= 0.3 is 0 Å². The van der Waals surface area contributed by atoms with Crippen LogP contribution in [0.5, 0.6) is 0 Å². The fourth-order valence-electron chi connectivity index (χ4n) is 2.84. The summed E-state index contributed by atoms with van der Waals surface area (Å²) in [5, 5.41) is 8.91. The standard InChI is InChI=1S/C19H20N4O2S/c1-26-14-18-21-16-7-2-3-8-17(16)23(18)13-19(24)22(10-5-9-20)12-15-6-4-11-25-15/h2-4,6-8,11H,5,10,12-14H2,1H3. The van der Waals surface area contributed by atoms with E-state index < -0.39 is 0 Å². The van der Waals surface area contributed by atoms with Gasteiger partial charge in [-0.25, -0.2) is 4.98 Å². The molecule has 0 aliphatic rings. The van der Waals surface area contributed by atoms with Crippen LogP contribution in [0.25, 0.3) is 11.0 Å². The minimum Gasteiger partial charge on any atom is -0.467 e. The molecule has 0 N–H and O–H groups in total. The van der Waals surface area contributed by atoms with Crippen LogP contribution in [0.2, 0.25) is 0 Å². The Bertz CT molecular complexity index is 911. The zero-order valence-electron chi connectivity index (χ0n) is 14.6. The number of nitriles is 1. The Hall–Kier alpha value is -2.72. The molecule has 3 aromatic rings. The van der Waals surface area contributed by atoms with Crippen LogP contribution in [0.15, 0.2) is 47.1 Å². The molecular formula is C19H20N4O2S. The fraction of sp³-hybridized carbons (Fsp3) is 0.316. The van der Waals surface area contributed by atoms with E-state index in [1.54, 1.807) is 29.0 Å². The van der Waals surface area contributed by atoms with E-state index in [9.17, 15) is 4.79 Å². The first-order chi connectivity index (χ1) is 12.7. The topological polar surface area (TPSA) is 75.1 Å². The lowest BCUT2D eigenvalue weighted by Crippen LogP contribution is -2.34. The number of aromatic nitrogens is 2. The summed E-state index contributed by atoms with van der Waals surface area (Å²) in [6, 6.07) is 13.6. The van der Waals surface area contributed by atoms with E-state index in [0.717, 1.165) is 22.6 Å². The minimum absolute atomic E-state index is 0.0536. The highest BCUT2D eigenvalue weighted by atomic mass is 32.2. The second-order valence-electron chi connectivity index (χ2n) is 5.84. The van der Waals surface area contributed by atoms with Crippen molar-refractivity contribution in [3.63, 3.8) is 0 Å². The van der Waals surface area contributed by atoms with Gasteiger partial charge < -0.3 is 13.9 Å². The molecule has 0 spiro atoms. The third-order valence-corrected chi connectivity index (χ3v) is 4.62. The van der Waals surface area contributed by atoms with E-state index in [1.165, 1.54) is 0 Å². The van der Waals surface area contributed by atoms with Gasteiger partial charge in [-0.3, -0.25) is 4.79 Å². The van der Waals surface area contributed by atoms with Gasteiger partial charge in [-0.1, -0.05) is 12.1 Å². The number of carbonyl (C=O) groups is 1. The van der Waals surface area contributed by atoms with E-state index in [4.69, 9.17) is 9.68 Å². The van der Waals surface area contributed by atoms with Crippen molar-refractivity contribution < 1.29 is 9.21 Å². The fourth-order valence-corrected chi connectivity index (χ4v) is 3.32. The third kappa shape index (κ3) is 4.09. The maximum atomic E-state index is 13.0. The van der Waals surface area contributed by atoms with E-state index in [1.807, 2.05) is 41.2 Å². The highest BCUT2D eigenvalue weighted by Gasteiger charge is 2.19. The van der Waals surface area contributed by atoms with Crippen molar-refractivity contribution in [2.75, 3.05) is 12.8 Å². The first-order valence-corrected chi connectivity index (χ1v) is 9.72. The molecule has 0 radical (unpaired) electrons. The zero-order valence-corrected chi connectivity index (χ0v) is 15.4. The van der Waals surface area contributed by atoms with Gasteiger partial charge in [0.25, 0.3) is 0 Å². The van der Waals surface area contributed by atoms with Gasteiger partial charge in [0.1, 0.15) is 18.1 Å². The lowest BCUT2D eigenvalue weighted by molar-refractivity contribution is -0.132. The molecule has 2 aromatic heterocycles. The predicted octanol–water partition coefficient (Wildman–Crippen LogP) is 3.43. The molecule has 0 fully saturated rings. The normalized spacial score (nSPS) is 10.8. The molecule has 0 unspecified atom stereocenters. The molecule has 0 saturated heterocycles. The van der Waals surface area contributed by atoms with Crippen molar-refractivity contribution in [2.45, 2.75) is 25.3 Å². The average molecular weight is 368 g/mol. The number of benzene rings is 1. The molecule has 0 aliphatic heterocycles. The van der Waals surface area contributed by atoms with Gasteiger partial charge in [-0.15, -0.1) is 0 Å². The van der Waals surface area contributed by atoms with E-state index >= 15 is 0 Å². The summed E-state index contributed by atoms with van der Waals surface area (Å²) in [6.45, 7) is 0.932. The van der Waals surface area contributed by atoms with Crippen LogP contribution in [0.1, 0.15) is 18.0 Å². The largest absolute Gasteiger partial charge is 0.467 e. The van der Waals surface area contributed by atoms with E-state index in [-0.39, 0.29) is 18.9 Å². The number of thioether (sulfide) groups is 1. The van der Waals surface area contributed by atoms with Crippen LogP contribution in [0.4, 0.5) is 0 Å². The highest BCUT2D eigenvalue weighted by Crippen LogP contribution is 2.19. The van der Waals surface area contributed by atoms with Gasteiger partial charge in [0.2, 0.25) is 5.91 Å². The SMILES string of the molecule is CSCc1nc2ccccc2n1CC(=O)N(CCC#N)Cc1ccco1. The maximum absolute atomic E-state index is 13.0. The van der Waals surface area contributed by atoms with Crippen molar-refractivity contribution in [1.82, 2.24) is 14.5 Å². The second-order valence-corrected chi connectivity index (χ2v) is 6.70. The molecule has 0 bridgehead atoms. The number of rotatable bonds is 8. The number of fused-ring (bicyclic) bond motifs is 1. The second kappa shape index (κ2) is 8.59. The van der Waals surface area contributed by atoms with Crippen molar-refractivity contribution in [2.24, 2.45) is 0 Å². The summed E-state index contributed by atoms with van der Waals surface area (Å²) in [6.07, 6.45) is 3.89. The third-order valence-electron chi connectivity index (χ3n) is 4.07. The smallest absolute Gasteiger partial charge is 0.243 e. The van der Waals surface area contributed by atoms with Crippen LogP contribution in [-0.4, -0.2) is 33.2 Å². The Labute approximate surface area is 156 Å². The van der Waals surface area contributed by atoms with Gasteiger partial charge in [0.05, 0.1) is 42.1 Å². The molecular weight excluding hydrogens is 348 g/mol. The van der Waals surface area contributed by atoms with Crippen molar-refractivity contribution in [1.29, 1.82) is 5.26 Å². The number of para-hydroxylation sites is 2. The maximum Gasteiger partial charge on any atom is 0.243 e. The summed E-state index contributed by atoms with van der Waals surface area (Å²) in [4.78, 5) is 19.3. The molecule has 6 nitrogen and oxygen atoms in total. The number of nitrogens with zero attached hydrogens (tertiary/aromatic N) is 4. The molecule has 1 aromatic carbocycles. The zero-order chi connectivity index (χ0) is 18.4. The van der Waals surface area contributed by atoms with Gasteiger partial charge in [0, 0.05) is 6.54 Å². The van der Waals surface area contributed by atoms with E-state index in [0.29, 0.717) is 18.8 Å². The van der Waals surface area contributed by atoms with Crippen LogP contribution >= 0.6 is 11.8 Å². The van der Waals surface area contributed by atoms with Crippen LogP contribution in [0, 0.1) is 11.3 Å². The monoisotopic (exact) mass is 368 g/mol. The molecule has 0 saturated carbocycles. The molecule has 7 heteroatoms. The summed E-state index contributed by atoms with van der Waals surface area (Å²) >= 11 is 1.67. The van der Waals surface area contributed by atoms with Crippen LogP contribution in [-0.2, 0) is 23.6 Å². The number of carbonyl (C=O) groups excluding carboxylic acids is 1. The molecule has 1 amide bonds. The lowest BCUT2D eigenvalue weighted by Gasteiger charge is -2.21. The van der Waals surface area contributed by atoms with Crippen LogP contribution in [0.3, 0.4) is 0 Å². The van der Waals surface area contributed by atoms with Crippen molar-refractivity contribution in [3.05, 3.63) is 54.2 Å². The average Bonchev–Trinajstić information content (AvgIpc) is 3.27. The summed E-state index contributed by atoms with van der Waals surface area (Å²) in [5.74, 6) is 2.27. The Balaban J connectivity index is 1.85. The Morgan fingerprint density at radius 1 is 1.35 bits per heavy atom. The Morgan fingerprint density at radius 3 is 2.92 bits per heavy atom. The molecule has 2 heterocycles. The molecule has 134 valence electrons. The highest BCUT2D eigenvalue weighted by molar-refractivity contribution is 7.97. The number of hydrogen-bond acceptors (Lipinski definition) is 5. The Kier molecular flexibility index (Phi) is 5.97. The van der Waals surface area contributed by atoms with Crippen LogP contribution < -0.4 is 0 Å². The van der Waals surface area contributed by atoms with Crippen molar-refractivity contribution in [3.8, 4) is 6.07 Å². The minimum atomic E-state index is -0.0536.